The molecule has 17 heavy (non-hydrogen) atoms. The van der Waals surface area contributed by atoms with Crippen LogP contribution in [0, 0.1) is 0 Å². The number of nitrogen functional groups attached to an aromatic ring is 1. The number of aliphatic hydroxyl groups is 1. The molecule has 0 bridgehead atoms. The van der Waals surface area contributed by atoms with Crippen LogP contribution in [0.25, 0.3) is 0 Å². The molecule has 0 unspecified atom stereocenters. The lowest BCUT2D eigenvalue weighted by molar-refractivity contribution is 0.0678. The Hall–Kier alpha value is -1.26. The maximum Gasteiger partial charge on any atom is 0.256 e. The molecule has 0 radical (unpaired) electrons. The van der Waals surface area contributed by atoms with Crippen LogP contribution in [-0.2, 0) is 0 Å². The van der Waals surface area contributed by atoms with E-state index in [1.54, 1.807) is 23.1 Å². The Morgan fingerprint density at radius 3 is 3.06 bits per heavy atom. The van der Waals surface area contributed by atoms with Gasteiger partial charge in [0, 0.05) is 17.3 Å². The molecule has 1 aliphatic heterocycles. The molecular weight excluding hydrogens is 240 g/mol. The Balaban J connectivity index is 2.27. The molecule has 1 fully saturated rings. The summed E-state index contributed by atoms with van der Waals surface area (Å²) < 4.78 is 0. The van der Waals surface area contributed by atoms with Gasteiger partial charge in [0.25, 0.3) is 5.91 Å². The zero-order valence-electron chi connectivity index (χ0n) is 9.40. The maximum atomic E-state index is 12.3. The molecule has 2 rings (SSSR count). The Morgan fingerprint density at radius 2 is 2.35 bits per heavy atom. The van der Waals surface area contributed by atoms with Gasteiger partial charge in [-0.05, 0) is 31.0 Å². The minimum Gasteiger partial charge on any atom is -0.398 e. The fourth-order valence-electron chi connectivity index (χ4n) is 2.16. The Kier molecular flexibility index (Phi) is 3.54. The molecule has 0 aliphatic carbocycles. The summed E-state index contributed by atoms with van der Waals surface area (Å²) in [7, 11) is 0. The first-order valence-electron chi connectivity index (χ1n) is 5.60. The monoisotopic (exact) mass is 254 g/mol. The number of hydrogen-bond donors (Lipinski definition) is 2. The van der Waals surface area contributed by atoms with Gasteiger partial charge in [0.1, 0.15) is 0 Å². The predicted molar refractivity (Wildman–Crippen MR) is 67.0 cm³/mol. The van der Waals surface area contributed by atoms with Crippen molar-refractivity contribution in [1.29, 1.82) is 0 Å². The highest BCUT2D eigenvalue weighted by Gasteiger charge is 2.29. The molecule has 1 aromatic rings. The number of carbonyl (C=O) groups is 1. The van der Waals surface area contributed by atoms with Crippen LogP contribution < -0.4 is 5.73 Å². The highest BCUT2D eigenvalue weighted by Crippen LogP contribution is 2.24. The van der Waals surface area contributed by atoms with E-state index in [9.17, 15) is 9.90 Å². The van der Waals surface area contributed by atoms with E-state index < -0.39 is 0 Å². The van der Waals surface area contributed by atoms with Crippen molar-refractivity contribution >= 4 is 23.2 Å². The topological polar surface area (TPSA) is 66.6 Å². The van der Waals surface area contributed by atoms with Crippen LogP contribution in [0.5, 0.6) is 0 Å². The smallest absolute Gasteiger partial charge is 0.256 e. The first-order chi connectivity index (χ1) is 8.13. The van der Waals surface area contributed by atoms with Crippen LogP contribution in [0.3, 0.4) is 0 Å². The number of anilines is 1. The molecule has 1 atom stereocenters. The van der Waals surface area contributed by atoms with E-state index in [-0.39, 0.29) is 18.6 Å². The number of likely N-dealkylation sites (tertiary alicyclic amines) is 1. The summed E-state index contributed by atoms with van der Waals surface area (Å²) in [4.78, 5) is 13.9. The molecular formula is C12H15ClN2O2. The van der Waals surface area contributed by atoms with Crippen molar-refractivity contribution in [2.24, 2.45) is 0 Å². The molecule has 0 saturated carbocycles. The molecule has 0 spiro atoms. The number of carbonyl (C=O) groups excluding carboxylic acids is 1. The standard InChI is InChI=1S/C12H15ClN2O2/c13-8-3-4-11(14)10(6-8)12(17)15-5-1-2-9(15)7-16/h3-4,6,9,16H,1-2,5,7,14H2/t9-/m0/s1. The number of nitrogens with two attached hydrogens (primary N) is 1. The zero-order chi connectivity index (χ0) is 12.4. The first kappa shape index (κ1) is 12.2. The molecule has 1 aliphatic rings. The van der Waals surface area contributed by atoms with Crippen molar-refractivity contribution in [2.45, 2.75) is 18.9 Å². The van der Waals surface area contributed by atoms with Crippen molar-refractivity contribution < 1.29 is 9.90 Å². The largest absolute Gasteiger partial charge is 0.398 e. The summed E-state index contributed by atoms with van der Waals surface area (Å²) in [6, 6.07) is 4.76. The molecule has 1 saturated heterocycles. The Labute approximate surface area is 105 Å². The second-order valence-electron chi connectivity index (χ2n) is 4.21. The number of amides is 1. The summed E-state index contributed by atoms with van der Waals surface area (Å²) in [6.45, 7) is 0.655. The summed E-state index contributed by atoms with van der Waals surface area (Å²) >= 11 is 5.86. The second kappa shape index (κ2) is 4.94. The normalized spacial score (nSPS) is 19.6. The van der Waals surface area contributed by atoms with Crippen molar-refractivity contribution in [2.75, 3.05) is 18.9 Å². The fourth-order valence-corrected chi connectivity index (χ4v) is 2.33. The minimum atomic E-state index is -0.151. The van der Waals surface area contributed by atoms with Crippen LogP contribution in [-0.4, -0.2) is 35.1 Å². The van der Waals surface area contributed by atoms with E-state index >= 15 is 0 Å². The van der Waals surface area contributed by atoms with Gasteiger partial charge in [-0.25, -0.2) is 0 Å². The van der Waals surface area contributed by atoms with E-state index in [0.717, 1.165) is 12.8 Å². The quantitative estimate of drug-likeness (QED) is 0.787. The average Bonchev–Trinajstić information content (AvgIpc) is 2.79. The third kappa shape index (κ3) is 2.37. The van der Waals surface area contributed by atoms with Crippen molar-refractivity contribution in [3.05, 3.63) is 28.8 Å². The van der Waals surface area contributed by atoms with Gasteiger partial charge in [-0.15, -0.1) is 0 Å². The lowest BCUT2D eigenvalue weighted by atomic mass is 10.1. The van der Waals surface area contributed by atoms with E-state index in [1.807, 2.05) is 0 Å². The number of aliphatic hydroxyl groups excluding tert-OH is 1. The number of hydrogen-bond acceptors (Lipinski definition) is 3. The van der Waals surface area contributed by atoms with E-state index in [4.69, 9.17) is 17.3 Å². The van der Waals surface area contributed by atoms with Crippen LogP contribution in [0.1, 0.15) is 23.2 Å². The average molecular weight is 255 g/mol. The van der Waals surface area contributed by atoms with Gasteiger partial charge in [-0.3, -0.25) is 4.79 Å². The highest BCUT2D eigenvalue weighted by atomic mass is 35.5. The summed E-state index contributed by atoms with van der Waals surface area (Å²) in [5.41, 5.74) is 6.61. The van der Waals surface area contributed by atoms with E-state index in [2.05, 4.69) is 0 Å². The van der Waals surface area contributed by atoms with E-state index in [0.29, 0.717) is 22.8 Å². The summed E-state index contributed by atoms with van der Waals surface area (Å²) in [5.74, 6) is -0.151. The molecule has 1 aromatic carbocycles. The van der Waals surface area contributed by atoms with Gasteiger partial charge < -0.3 is 15.7 Å². The Morgan fingerprint density at radius 1 is 1.59 bits per heavy atom. The van der Waals surface area contributed by atoms with Crippen molar-refractivity contribution in [3.63, 3.8) is 0 Å². The fraction of sp³-hybridized carbons (Fsp3) is 0.417. The van der Waals surface area contributed by atoms with Crippen molar-refractivity contribution in [1.82, 2.24) is 4.90 Å². The summed E-state index contributed by atoms with van der Waals surface area (Å²) in [6.07, 6.45) is 1.75. The summed E-state index contributed by atoms with van der Waals surface area (Å²) in [5, 5.41) is 9.69. The highest BCUT2D eigenvalue weighted by molar-refractivity contribution is 6.31. The first-order valence-corrected chi connectivity index (χ1v) is 5.98. The predicted octanol–water partition coefficient (Wildman–Crippen LogP) is 1.52. The van der Waals surface area contributed by atoms with Crippen LogP contribution in [0.2, 0.25) is 5.02 Å². The number of halogens is 1. The van der Waals surface area contributed by atoms with E-state index in [1.165, 1.54) is 0 Å². The van der Waals surface area contributed by atoms with Gasteiger partial charge in [0.15, 0.2) is 0 Å². The third-order valence-corrected chi connectivity index (χ3v) is 3.33. The van der Waals surface area contributed by atoms with Crippen molar-refractivity contribution in [3.8, 4) is 0 Å². The molecule has 1 amide bonds. The SMILES string of the molecule is Nc1ccc(Cl)cc1C(=O)N1CCC[C@H]1CO. The number of rotatable bonds is 2. The van der Waals surface area contributed by atoms with Crippen LogP contribution >= 0.6 is 11.6 Å². The van der Waals surface area contributed by atoms with Crippen LogP contribution in [0.15, 0.2) is 18.2 Å². The minimum absolute atomic E-state index is 0.00773. The van der Waals surface area contributed by atoms with Gasteiger partial charge in [0.2, 0.25) is 0 Å². The molecule has 0 aromatic heterocycles. The second-order valence-corrected chi connectivity index (χ2v) is 4.65. The van der Waals surface area contributed by atoms with Gasteiger partial charge in [-0.1, -0.05) is 11.6 Å². The molecule has 1 heterocycles. The molecule has 92 valence electrons. The Bertz CT molecular complexity index is 437. The maximum absolute atomic E-state index is 12.3. The number of nitrogens with zero attached hydrogens (tertiary/aromatic N) is 1. The zero-order valence-corrected chi connectivity index (χ0v) is 10.2. The lowest BCUT2D eigenvalue weighted by Crippen LogP contribution is -2.37. The lowest BCUT2D eigenvalue weighted by Gasteiger charge is -2.23. The number of benzene rings is 1. The van der Waals surface area contributed by atoms with Gasteiger partial charge in [-0.2, -0.15) is 0 Å². The van der Waals surface area contributed by atoms with Crippen LogP contribution in [0.4, 0.5) is 5.69 Å². The molecule has 5 heteroatoms. The third-order valence-electron chi connectivity index (χ3n) is 3.09. The molecule has 3 N–H and O–H groups in total. The van der Waals surface area contributed by atoms with Gasteiger partial charge >= 0.3 is 0 Å². The van der Waals surface area contributed by atoms with Gasteiger partial charge in [0.05, 0.1) is 18.2 Å². The molecule has 4 nitrogen and oxygen atoms in total.